The van der Waals surface area contributed by atoms with Crippen LogP contribution in [0.25, 0.3) is 33.4 Å². The summed E-state index contributed by atoms with van der Waals surface area (Å²) in [5.41, 5.74) is 22.4. The van der Waals surface area contributed by atoms with E-state index in [-0.39, 0.29) is 23.6 Å². The van der Waals surface area contributed by atoms with Crippen molar-refractivity contribution in [2.24, 2.45) is 0 Å². The van der Waals surface area contributed by atoms with Crippen LogP contribution in [0.3, 0.4) is 0 Å². The van der Waals surface area contributed by atoms with Gasteiger partial charge < -0.3 is 70.4 Å². The van der Waals surface area contributed by atoms with Crippen LogP contribution in [0.5, 0.6) is 17.2 Å². The number of amides is 4. The number of pyridine rings is 10. The van der Waals surface area contributed by atoms with Crippen molar-refractivity contribution in [2.75, 3.05) is 19.6 Å². The number of rotatable bonds is 44. The summed E-state index contributed by atoms with van der Waals surface area (Å²) >= 11 is 0. The lowest BCUT2D eigenvalue weighted by molar-refractivity contribution is -0.690. The minimum Gasteiger partial charge on any atom is -0.537 e. The Bertz CT molecular complexity index is 7330. The first kappa shape index (κ1) is 108. The molecular formula is C116H122B5N14O14+10. The molecule has 16 aromatic rings. The van der Waals surface area contributed by atoms with Crippen molar-refractivity contribution in [1.29, 1.82) is 0 Å². The van der Waals surface area contributed by atoms with E-state index in [1.165, 1.54) is 22.3 Å². The lowest BCUT2D eigenvalue weighted by Gasteiger charge is -2.10. The topological polar surface area (TPSA) is 324 Å². The normalized spacial score (nSPS) is 10.7. The smallest absolute Gasteiger partial charge is 0.537 e. The Kier molecular flexibility index (Phi) is 39.6. The van der Waals surface area contributed by atoms with Gasteiger partial charge in [0.1, 0.15) is 17.1 Å². The fraction of sp³-hybridized carbons (Fsp3) is 0.172. The van der Waals surface area contributed by atoms with Gasteiger partial charge in [-0.15, -0.1) is 0 Å². The zero-order valence-corrected chi connectivity index (χ0v) is 84.0. The molecule has 0 aliphatic heterocycles. The summed E-state index contributed by atoms with van der Waals surface area (Å²) in [5, 5.41) is 78.8. The quantitative estimate of drug-likeness (QED) is 0.00898. The van der Waals surface area contributed by atoms with Gasteiger partial charge in [0.05, 0.1) is 22.3 Å². The van der Waals surface area contributed by atoms with E-state index in [1.54, 1.807) is 45.2 Å². The number of aryl methyl sites for hydroxylation is 1. The molecule has 11 N–H and O–H groups in total. The number of hydrogen-bond donors (Lipinski definition) is 11. The third-order valence-electron chi connectivity index (χ3n) is 24.4. The highest BCUT2D eigenvalue weighted by atomic mass is 16.5. The summed E-state index contributed by atoms with van der Waals surface area (Å²) in [5.74, 6) is 0.875. The van der Waals surface area contributed by atoms with Crippen LogP contribution in [-0.4, -0.2) is 116 Å². The number of nitrogens with one attached hydrogen (secondary N) is 4. The van der Waals surface area contributed by atoms with E-state index in [4.69, 9.17) is 24.0 Å². The molecule has 6 aromatic carbocycles. The molecule has 149 heavy (non-hydrogen) atoms. The molecule has 10 aromatic heterocycles. The van der Waals surface area contributed by atoms with Crippen LogP contribution < -0.4 is 91.8 Å². The molecule has 4 amide bonds. The molecule has 0 unspecified atom stereocenters. The lowest BCUT2D eigenvalue weighted by Crippen LogP contribution is -2.37. The van der Waals surface area contributed by atoms with Crippen LogP contribution in [0.15, 0.2) is 409 Å². The number of benzene rings is 6. The molecule has 0 aliphatic rings. The second-order valence-corrected chi connectivity index (χ2v) is 36.7. The molecular weight excluding hydrogens is 1870 g/mol. The molecule has 28 nitrogen and oxygen atoms in total. The van der Waals surface area contributed by atoms with E-state index < -0.39 is 14.2 Å². The van der Waals surface area contributed by atoms with Gasteiger partial charge >= 0.3 is 37.3 Å². The molecule has 745 valence electrons. The van der Waals surface area contributed by atoms with Crippen molar-refractivity contribution in [3.63, 3.8) is 0 Å². The Morgan fingerprint density at radius 2 is 0.685 bits per heavy atom. The first-order valence-corrected chi connectivity index (χ1v) is 48.9. The second-order valence-electron chi connectivity index (χ2n) is 36.7. The Hall–Kier alpha value is -16.6. The Morgan fingerprint density at radius 1 is 0.302 bits per heavy atom. The van der Waals surface area contributed by atoms with E-state index in [9.17, 15) is 44.3 Å². The van der Waals surface area contributed by atoms with Crippen molar-refractivity contribution in [3.05, 3.63) is 487 Å². The maximum absolute atomic E-state index is 13.2. The average Bonchev–Trinajstić information content (AvgIpc) is 0.819. The van der Waals surface area contributed by atoms with Crippen LogP contribution in [0.4, 0.5) is 0 Å². The molecule has 0 spiro atoms. The van der Waals surface area contributed by atoms with Crippen LogP contribution in [-0.2, 0) is 92.8 Å². The van der Waals surface area contributed by atoms with Gasteiger partial charge in [0.15, 0.2) is 189 Å². The first-order valence-electron chi connectivity index (χ1n) is 48.9. The third kappa shape index (κ3) is 33.7. The molecule has 10 heterocycles. The molecule has 16 rings (SSSR count). The molecule has 0 atom stereocenters. The Labute approximate surface area is 871 Å². The van der Waals surface area contributed by atoms with Gasteiger partial charge in [-0.05, 0) is 153 Å². The van der Waals surface area contributed by atoms with Crippen molar-refractivity contribution in [1.82, 2.24) is 21.3 Å². The van der Waals surface area contributed by atoms with Crippen molar-refractivity contribution in [2.45, 2.75) is 113 Å². The number of aromatic nitrogens is 10. The van der Waals surface area contributed by atoms with Gasteiger partial charge in [-0.3, -0.25) is 19.2 Å². The SMILES string of the molecule is C=C(C)C(=O)NCCCNC(=O)c1cc(-c2cc[n+](Cc3ccccc3O[B]O)cc2)c[n+](Cc2ccccc2O[B]O)c1.C=C(C)C(=O)NCCc1cc[n+](Cc2cc(C[n+]3ccc(-c4cc[n+](Cc5cc(C[n+]6ccccc6)cc(B(O)O)c5)cc4)cc3)cc(B(O)O)c2)cc1.C=C(C)C(=O)NCc1cc(-c2ccc[n+](Cc3cccc(C[n+]4cccc(O[B]O)c4)c3)c2)c[n+](Cc2cccc(C[n+]3cccc(C)c3)c2)c1. The maximum atomic E-state index is 13.2. The van der Waals surface area contributed by atoms with E-state index in [0.29, 0.717) is 171 Å². The largest absolute Gasteiger partial charge is 0.569 e. The van der Waals surface area contributed by atoms with Crippen LogP contribution in [0.1, 0.15) is 110 Å². The molecule has 0 saturated carbocycles. The first-order chi connectivity index (χ1) is 72.2. The summed E-state index contributed by atoms with van der Waals surface area (Å²) in [6.45, 7) is 26.0. The van der Waals surface area contributed by atoms with Crippen LogP contribution in [0, 0.1) is 6.92 Å². The van der Waals surface area contributed by atoms with E-state index in [0.717, 1.165) is 90.0 Å². The Morgan fingerprint density at radius 3 is 1.17 bits per heavy atom. The number of hydrogen-bond acceptors (Lipinski definition) is 14. The lowest BCUT2D eigenvalue weighted by atomic mass is 9.78. The molecule has 0 fully saturated rings. The van der Waals surface area contributed by atoms with Gasteiger partial charge in [-0.2, -0.15) is 13.7 Å². The minimum absolute atomic E-state index is 0.142. The minimum atomic E-state index is -1.58. The standard InChI is InChI=1S/C42H44B2N5O5.C42H42BN5O3.C32H32B2N4O6/c1-32(2)42(50)45-13-6-33-7-16-47(17-8-33)29-35-23-37(27-41(25-35)44(53)54)31-49-20-11-39(12-21-49)38-9-18-48(19-10-38)30-36-22-34(24-40(26-36)43(51)52)28-46-14-4-3-5-15-46;1-32(2)42(49)44-22-38-21-40(30-48(28-38)27-37-13-5-10-34(20-37)24-45-16-6-9-33(3)23-45)39-14-7-17-46(29-39)25-35-11-4-12-36(19-35)26-47-18-8-15-41(31-47)51-43-50;1-23(2)31(39)35-14-7-15-36-32(40)28-18-27(21-38(22-28)20-26-9-4-6-11-30(26)44-34-42)24-12-16-37(17-13-24)19-25-8-3-5-10-29(25)43-33-41/h3-5,7-12,14-27,51-54H,1,6,13,28-31H2,2H3;4-21,23,28-31,50H,1,22,24-27H2,2-3H3;3-6,8-13,16-18,21-22,41-42H,1,7,14-15,19-20H2,2H3/q2*+3;/p+4. The van der Waals surface area contributed by atoms with Gasteiger partial charge in [-0.1, -0.05) is 111 Å². The predicted octanol–water partition coefficient (Wildman–Crippen LogP) is 6.04. The molecule has 33 heteroatoms. The number of para-hydroxylation sites is 2. The average molecular weight is 1990 g/mol. The van der Waals surface area contributed by atoms with E-state index in [2.05, 4.69) is 223 Å². The number of carbonyl (C=O) groups excluding carboxylic acids is 4. The molecule has 0 aliphatic carbocycles. The van der Waals surface area contributed by atoms with Crippen molar-refractivity contribution in [3.8, 4) is 50.6 Å². The zero-order valence-electron chi connectivity index (χ0n) is 84.0. The van der Waals surface area contributed by atoms with Crippen molar-refractivity contribution < 1.29 is 114 Å². The van der Waals surface area contributed by atoms with Gasteiger partial charge in [-0.25, -0.2) is 32.0 Å². The summed E-state index contributed by atoms with van der Waals surface area (Å²) in [7, 11) is -1.13. The highest BCUT2D eigenvalue weighted by Crippen LogP contribution is 2.25. The van der Waals surface area contributed by atoms with Gasteiger partial charge in [0, 0.05) is 183 Å². The van der Waals surface area contributed by atoms with Gasteiger partial charge in [0.2, 0.25) is 23.9 Å². The highest BCUT2D eigenvalue weighted by Gasteiger charge is 2.25. The van der Waals surface area contributed by atoms with E-state index in [1.807, 2.05) is 219 Å². The maximum Gasteiger partial charge on any atom is 0.569 e. The summed E-state index contributed by atoms with van der Waals surface area (Å²) in [6.07, 6.45) is 41.5. The number of nitrogens with zero attached hydrogens (tertiary/aromatic N) is 10. The fourth-order valence-electron chi connectivity index (χ4n) is 17.0. The summed E-state index contributed by atoms with van der Waals surface area (Å²) in [4.78, 5) is 49.1. The summed E-state index contributed by atoms with van der Waals surface area (Å²) in [6, 6.07) is 81.7. The monoisotopic (exact) mass is 1990 g/mol. The summed E-state index contributed by atoms with van der Waals surface area (Å²) < 4.78 is 36.3. The molecule has 0 saturated heterocycles. The fourth-order valence-corrected chi connectivity index (χ4v) is 17.0. The molecule has 3 radical (unpaired) electrons. The van der Waals surface area contributed by atoms with Crippen molar-refractivity contribution >= 4 is 71.8 Å². The Balaban J connectivity index is 0.000000177. The predicted molar refractivity (Wildman–Crippen MR) is 566 cm³/mol. The van der Waals surface area contributed by atoms with Crippen LogP contribution >= 0.6 is 0 Å². The van der Waals surface area contributed by atoms with Gasteiger partial charge in [0.25, 0.3) is 5.91 Å². The number of carbonyl (C=O) groups is 4. The zero-order chi connectivity index (χ0) is 105. The second kappa shape index (κ2) is 54.5. The van der Waals surface area contributed by atoms with Crippen LogP contribution in [0.2, 0.25) is 0 Å². The highest BCUT2D eigenvalue weighted by molar-refractivity contribution is 6.59. The third-order valence-corrected chi connectivity index (χ3v) is 24.4. The van der Waals surface area contributed by atoms with E-state index >= 15 is 0 Å². The molecule has 0 bridgehead atoms.